The molecule has 0 rings (SSSR count). The molecule has 0 aromatic carbocycles. The molecule has 0 aromatic rings. The Morgan fingerprint density at radius 2 is 1.67 bits per heavy atom. The van der Waals surface area contributed by atoms with Gasteiger partial charge in [0, 0.05) is 6.54 Å². The fourth-order valence-corrected chi connectivity index (χ4v) is 0. The molecule has 0 aliphatic rings. The molecule has 72 valence electrons. The smallest absolute Gasteiger partial charge is 1.00 e. The zero-order valence-corrected chi connectivity index (χ0v) is 9.95. The van der Waals surface area contributed by atoms with Crippen molar-refractivity contribution in [3.05, 3.63) is 0 Å². The van der Waals surface area contributed by atoms with E-state index in [-0.39, 0.29) is 43.3 Å². The normalized spacial score (nSPS) is 9.83. The van der Waals surface area contributed by atoms with Gasteiger partial charge in [0.1, 0.15) is 0 Å². The number of aliphatic hydroxyl groups excluding tert-OH is 1. The summed E-state index contributed by atoms with van der Waals surface area (Å²) >= 11 is 0. The van der Waals surface area contributed by atoms with Crippen molar-refractivity contribution in [3.8, 4) is 0 Å². The van der Waals surface area contributed by atoms with Crippen LogP contribution in [0.5, 0.6) is 0 Å². The van der Waals surface area contributed by atoms with Gasteiger partial charge in [0.05, 0.1) is 5.75 Å². The summed E-state index contributed by atoms with van der Waals surface area (Å²) in [5.41, 5.74) is 4.67. The molecular formula is C4H14NNaO5S. The first kappa shape index (κ1) is 18.5. The van der Waals surface area contributed by atoms with E-state index < -0.39 is 16.4 Å². The summed E-state index contributed by atoms with van der Waals surface area (Å²) in [7, 11) is -3.66. The van der Waals surface area contributed by atoms with Crippen LogP contribution >= 0.6 is 0 Å². The van der Waals surface area contributed by atoms with Crippen LogP contribution in [0.4, 0.5) is 0 Å². The fraction of sp³-hybridized carbons (Fsp3) is 1.00. The summed E-state index contributed by atoms with van der Waals surface area (Å²) in [4.78, 5) is 0. The van der Waals surface area contributed by atoms with Gasteiger partial charge in [0.2, 0.25) is 0 Å². The molecule has 0 bridgehead atoms. The second-order valence-electron chi connectivity index (χ2n) is 1.59. The monoisotopic (exact) mass is 211 g/mol. The summed E-state index contributed by atoms with van der Waals surface area (Å²) < 4.78 is 26.9. The van der Waals surface area contributed by atoms with Gasteiger partial charge in [-0.15, -0.1) is 0 Å². The number of rotatable bonds is 2. The molecule has 0 aromatic heterocycles. The SMILES string of the molecule is CCS(=O)(=O)O.NCC(O)O.[H-].[Na+]. The first-order valence-electron chi connectivity index (χ1n) is 2.84. The van der Waals surface area contributed by atoms with Gasteiger partial charge in [0.25, 0.3) is 10.1 Å². The van der Waals surface area contributed by atoms with E-state index in [9.17, 15) is 8.42 Å². The standard InChI is InChI=1S/C2H7NO2.C2H6O3S.Na.H/c3-1-2(4)5;1-2-6(3,4)5;;/h2,4-5H,1,3H2;2H2,1H3,(H,3,4,5);;/q;;+1;-1. The second kappa shape index (κ2) is 9.87. The van der Waals surface area contributed by atoms with E-state index in [4.69, 9.17) is 14.8 Å². The maximum Gasteiger partial charge on any atom is 1.00 e. The van der Waals surface area contributed by atoms with Gasteiger partial charge in [-0.3, -0.25) is 4.55 Å². The van der Waals surface area contributed by atoms with E-state index in [1.165, 1.54) is 6.92 Å². The summed E-state index contributed by atoms with van der Waals surface area (Å²) in [6.07, 6.45) is -1.34. The molecule has 0 spiro atoms. The topological polar surface area (TPSA) is 121 Å². The summed E-state index contributed by atoms with van der Waals surface area (Å²) in [5, 5.41) is 15.6. The quantitative estimate of drug-likeness (QED) is 0.207. The predicted molar refractivity (Wildman–Crippen MR) is 40.5 cm³/mol. The molecule has 0 heterocycles. The molecule has 0 amide bonds. The van der Waals surface area contributed by atoms with Crippen LogP contribution in [0.3, 0.4) is 0 Å². The Bertz CT molecular complexity index is 173. The summed E-state index contributed by atoms with van der Waals surface area (Å²) in [6, 6.07) is 0. The van der Waals surface area contributed by atoms with Crippen LogP contribution in [0.1, 0.15) is 8.35 Å². The molecule has 0 atom stereocenters. The van der Waals surface area contributed by atoms with Gasteiger partial charge in [-0.2, -0.15) is 8.42 Å². The van der Waals surface area contributed by atoms with Gasteiger partial charge in [-0.1, -0.05) is 0 Å². The molecule has 6 nitrogen and oxygen atoms in total. The minimum absolute atomic E-state index is 0. The molecule has 8 heteroatoms. The Hall–Kier alpha value is 0.790. The third kappa shape index (κ3) is 30.8. The van der Waals surface area contributed by atoms with Crippen LogP contribution in [0.15, 0.2) is 0 Å². The minimum Gasteiger partial charge on any atom is -1.00 e. The number of hydrogen-bond donors (Lipinski definition) is 4. The Balaban J connectivity index is -0.0000000546. The van der Waals surface area contributed by atoms with E-state index in [2.05, 4.69) is 5.73 Å². The van der Waals surface area contributed by atoms with Gasteiger partial charge in [0.15, 0.2) is 6.29 Å². The maximum absolute atomic E-state index is 9.56. The predicted octanol–water partition coefficient (Wildman–Crippen LogP) is -4.73. The van der Waals surface area contributed by atoms with Gasteiger partial charge in [-0.05, 0) is 6.92 Å². The average Bonchev–Trinajstić information content (AvgIpc) is 1.88. The average molecular weight is 211 g/mol. The molecule has 0 aliphatic heterocycles. The van der Waals surface area contributed by atoms with Crippen molar-refractivity contribution in [2.45, 2.75) is 13.2 Å². The van der Waals surface area contributed by atoms with Gasteiger partial charge >= 0.3 is 29.6 Å². The van der Waals surface area contributed by atoms with Crippen molar-refractivity contribution in [2.24, 2.45) is 5.73 Å². The molecule has 0 fully saturated rings. The van der Waals surface area contributed by atoms with Crippen LogP contribution in [0.25, 0.3) is 0 Å². The van der Waals surface area contributed by atoms with Crippen molar-refractivity contribution >= 4 is 10.1 Å². The zero-order chi connectivity index (χ0) is 9.49. The fourth-order valence-electron chi connectivity index (χ4n) is 0. The zero-order valence-electron chi connectivity index (χ0n) is 8.14. The number of nitrogens with two attached hydrogens (primary N) is 1. The van der Waals surface area contributed by atoms with E-state index in [0.717, 1.165) is 0 Å². The third-order valence-corrected chi connectivity index (χ3v) is 1.31. The summed E-state index contributed by atoms with van der Waals surface area (Å²) in [5.74, 6) is -0.201. The molecular weight excluding hydrogens is 197 g/mol. The van der Waals surface area contributed by atoms with E-state index in [1.807, 2.05) is 0 Å². The van der Waals surface area contributed by atoms with Crippen molar-refractivity contribution in [1.29, 1.82) is 0 Å². The molecule has 0 unspecified atom stereocenters. The molecule has 0 saturated carbocycles. The Morgan fingerprint density at radius 1 is 1.50 bits per heavy atom. The third-order valence-electron chi connectivity index (χ3n) is 0.576. The first-order chi connectivity index (χ1) is 4.83. The molecule has 0 saturated heterocycles. The van der Waals surface area contributed by atoms with E-state index in [1.54, 1.807) is 0 Å². The van der Waals surface area contributed by atoms with Gasteiger partial charge < -0.3 is 17.4 Å². The molecule has 0 radical (unpaired) electrons. The molecule has 5 N–H and O–H groups in total. The largest absolute Gasteiger partial charge is 1.00 e. The Morgan fingerprint density at radius 3 is 1.67 bits per heavy atom. The van der Waals surface area contributed by atoms with Crippen molar-refractivity contribution in [2.75, 3.05) is 12.3 Å². The van der Waals surface area contributed by atoms with E-state index in [0.29, 0.717) is 0 Å². The second-order valence-corrected chi connectivity index (χ2v) is 3.33. The molecule has 0 aliphatic carbocycles. The van der Waals surface area contributed by atoms with Crippen molar-refractivity contribution < 1.29 is 54.2 Å². The van der Waals surface area contributed by atoms with Crippen molar-refractivity contribution in [1.82, 2.24) is 0 Å². The van der Waals surface area contributed by atoms with Crippen molar-refractivity contribution in [3.63, 3.8) is 0 Å². The van der Waals surface area contributed by atoms with Crippen LogP contribution in [-0.2, 0) is 10.1 Å². The van der Waals surface area contributed by atoms with Gasteiger partial charge in [-0.25, -0.2) is 0 Å². The maximum atomic E-state index is 9.56. The number of aliphatic hydroxyl groups is 2. The first-order valence-corrected chi connectivity index (χ1v) is 4.45. The Labute approximate surface area is 95.3 Å². The minimum atomic E-state index is -3.66. The molecule has 12 heavy (non-hydrogen) atoms. The van der Waals surface area contributed by atoms with Crippen LogP contribution < -0.4 is 35.3 Å². The number of hydrogen-bond acceptors (Lipinski definition) is 5. The van der Waals surface area contributed by atoms with Crippen LogP contribution in [-0.4, -0.2) is 41.8 Å². The van der Waals surface area contributed by atoms with E-state index >= 15 is 0 Å². The van der Waals surface area contributed by atoms with Crippen LogP contribution in [0, 0.1) is 0 Å². The van der Waals surface area contributed by atoms with Crippen LogP contribution in [0.2, 0.25) is 0 Å². The Kier molecular flexibility index (Phi) is 15.3. The summed E-state index contributed by atoms with van der Waals surface area (Å²) in [6.45, 7) is 1.29.